The lowest BCUT2D eigenvalue weighted by Gasteiger charge is -2.49. The van der Waals surface area contributed by atoms with Gasteiger partial charge < -0.3 is 30.8 Å². The number of hydrogen-bond donors (Lipinski definition) is 4. The molecule has 3 aromatic heterocycles. The summed E-state index contributed by atoms with van der Waals surface area (Å²) in [4.78, 5) is 51.4. The van der Waals surface area contributed by atoms with Crippen molar-refractivity contribution in [3.8, 4) is 6.01 Å². The van der Waals surface area contributed by atoms with Gasteiger partial charge in [-0.3, -0.25) is 14.5 Å². The van der Waals surface area contributed by atoms with Gasteiger partial charge in [0.1, 0.15) is 24.2 Å². The molecule has 0 aromatic carbocycles. The predicted molar refractivity (Wildman–Crippen MR) is 139 cm³/mol. The van der Waals surface area contributed by atoms with Gasteiger partial charge in [-0.15, -0.1) is 33.3 Å². The van der Waals surface area contributed by atoms with E-state index in [1.165, 1.54) is 33.6 Å². The second-order valence-corrected chi connectivity index (χ2v) is 10.9. The number of hydrogen-bond acceptors (Lipinski definition) is 15. The molecule has 5 heterocycles. The number of aromatic nitrogens is 5. The summed E-state index contributed by atoms with van der Waals surface area (Å²) < 4.78 is 6.36. The Balaban J connectivity index is 1.34. The molecule has 39 heavy (non-hydrogen) atoms. The number of nitrogen functional groups attached to an aromatic ring is 1. The van der Waals surface area contributed by atoms with E-state index >= 15 is 0 Å². The van der Waals surface area contributed by atoms with Crippen molar-refractivity contribution in [1.29, 1.82) is 0 Å². The molecule has 2 aliphatic heterocycles. The van der Waals surface area contributed by atoms with Crippen LogP contribution in [0.2, 0.25) is 0 Å². The summed E-state index contributed by atoms with van der Waals surface area (Å²) in [5, 5.41) is 35.4. The molecule has 2 aliphatic rings. The molecule has 0 spiro atoms. The zero-order valence-electron chi connectivity index (χ0n) is 20.1. The van der Waals surface area contributed by atoms with E-state index in [0.717, 1.165) is 23.1 Å². The fourth-order valence-electron chi connectivity index (χ4n) is 3.85. The monoisotopic (exact) mass is 593 g/mol. The highest BCUT2D eigenvalue weighted by Gasteiger charge is 2.54. The minimum Gasteiger partial charge on any atom is -0.480 e. The summed E-state index contributed by atoms with van der Waals surface area (Å²) in [6.45, 7) is 1.71. The first-order valence-electron chi connectivity index (χ1n) is 10.9. The van der Waals surface area contributed by atoms with Crippen LogP contribution in [0, 0.1) is 6.92 Å². The molecule has 0 radical (unpaired) electrons. The van der Waals surface area contributed by atoms with Gasteiger partial charge in [-0.2, -0.15) is 0 Å². The van der Waals surface area contributed by atoms with Crippen LogP contribution < -0.4 is 11.1 Å². The third-order valence-corrected chi connectivity index (χ3v) is 8.50. The van der Waals surface area contributed by atoms with Crippen LogP contribution in [0.4, 0.5) is 9.93 Å². The second kappa shape index (κ2) is 10.6. The van der Waals surface area contributed by atoms with E-state index < -0.39 is 29.4 Å². The van der Waals surface area contributed by atoms with Crippen LogP contribution in [-0.4, -0.2) is 93.4 Å². The van der Waals surface area contributed by atoms with Crippen LogP contribution >= 0.6 is 34.9 Å². The number of aromatic hydroxyl groups is 1. The van der Waals surface area contributed by atoms with Crippen LogP contribution in [0.1, 0.15) is 11.4 Å². The molecule has 1 saturated heterocycles. The molecule has 5 rings (SSSR count). The first-order valence-corrected chi connectivity index (χ1v) is 13.8. The van der Waals surface area contributed by atoms with Crippen molar-refractivity contribution in [3.05, 3.63) is 34.3 Å². The fraction of sp³-hybridized carbons (Fsp3) is 0.300. The highest BCUT2D eigenvalue weighted by atomic mass is 32.2. The molecule has 1 fully saturated rings. The van der Waals surface area contributed by atoms with Gasteiger partial charge >= 0.3 is 12.2 Å². The van der Waals surface area contributed by atoms with Crippen LogP contribution in [0.5, 0.6) is 6.01 Å². The quantitative estimate of drug-likeness (QED) is 0.0925. The number of carbonyl (C=O) groups is 3. The third-order valence-electron chi connectivity index (χ3n) is 5.47. The Hall–Kier alpha value is -4.10. The van der Waals surface area contributed by atoms with Gasteiger partial charge in [0.15, 0.2) is 21.6 Å². The molecule has 3 aromatic rings. The van der Waals surface area contributed by atoms with E-state index in [9.17, 15) is 24.6 Å². The van der Waals surface area contributed by atoms with Crippen LogP contribution in [0.3, 0.4) is 0 Å². The van der Waals surface area contributed by atoms with Crippen molar-refractivity contribution < 1.29 is 34.2 Å². The van der Waals surface area contributed by atoms with E-state index in [1.54, 1.807) is 13.0 Å². The maximum absolute atomic E-state index is 13.1. The molecule has 16 nitrogen and oxygen atoms in total. The van der Waals surface area contributed by atoms with Gasteiger partial charge in [0.25, 0.3) is 11.8 Å². The highest BCUT2D eigenvalue weighted by Crippen LogP contribution is 2.42. The van der Waals surface area contributed by atoms with E-state index in [1.807, 2.05) is 0 Å². The molecule has 0 unspecified atom stereocenters. The standard InChI is InChI=1S/C20H19N9O7S3/c1-7-3-10-25-26-19(28(10)18(32)22-7)39-5-8-4-37-16-12(14(31)29(16)15(8)36-20(33)34)24-13(30)11(27-35-2)9-6-38-17(21)23-9/h3,6,12,16H,4-5H2,1-2H3,(H2,21,23)(H,22,32)(H,24,30)(H,33,34)/b27-11-/t12-,16-/m1/s1. The lowest BCUT2D eigenvalue weighted by Crippen LogP contribution is -2.70. The SMILES string of the molecule is CO/N=C(\C(=O)N[C@@H]1C(=O)N2C(OC(=O)O)=C(CSc3nnc4cc(C)nc(O)n34)CS[C@H]12)c1csc(N)n1. The lowest BCUT2D eigenvalue weighted by atomic mass is 10.1. The number of β-lactam (4-membered cyclic amide) rings is 1. The second-order valence-electron chi connectivity index (χ2n) is 7.99. The lowest BCUT2D eigenvalue weighted by molar-refractivity contribution is -0.148. The van der Waals surface area contributed by atoms with Crippen molar-refractivity contribution in [2.75, 3.05) is 24.3 Å². The van der Waals surface area contributed by atoms with Crippen molar-refractivity contribution >= 4 is 69.3 Å². The average molecular weight is 594 g/mol. The minimum atomic E-state index is -1.60. The summed E-state index contributed by atoms with van der Waals surface area (Å²) in [7, 11) is 1.26. The number of aryl methyl sites for hydroxylation is 1. The Morgan fingerprint density at radius 2 is 2.15 bits per heavy atom. The third kappa shape index (κ3) is 5.02. The number of ether oxygens (including phenoxy) is 1. The predicted octanol–water partition coefficient (Wildman–Crippen LogP) is 0.626. The number of thioether (sulfide) groups is 2. The Bertz CT molecular complexity index is 1550. The number of amides is 2. The Morgan fingerprint density at radius 1 is 1.36 bits per heavy atom. The van der Waals surface area contributed by atoms with Crippen molar-refractivity contribution in [2.24, 2.45) is 5.16 Å². The fourth-order valence-corrected chi connectivity index (χ4v) is 6.78. The summed E-state index contributed by atoms with van der Waals surface area (Å²) in [5.74, 6) is -0.960. The molecule has 2 atom stereocenters. The summed E-state index contributed by atoms with van der Waals surface area (Å²) in [6.07, 6.45) is -1.60. The number of fused-ring (bicyclic) bond motifs is 2. The van der Waals surface area contributed by atoms with Gasteiger partial charge in [-0.05, 0) is 6.92 Å². The number of carbonyl (C=O) groups excluding carboxylic acids is 2. The van der Waals surface area contributed by atoms with Gasteiger partial charge in [0.2, 0.25) is 5.88 Å². The maximum atomic E-state index is 13.1. The van der Waals surface area contributed by atoms with Crippen molar-refractivity contribution in [1.82, 2.24) is 34.8 Å². The molecule has 204 valence electrons. The Morgan fingerprint density at radius 3 is 2.85 bits per heavy atom. The molecule has 0 saturated carbocycles. The number of nitrogens with one attached hydrogen (secondary N) is 1. The number of anilines is 1. The zero-order valence-corrected chi connectivity index (χ0v) is 22.5. The van der Waals surface area contributed by atoms with Crippen molar-refractivity contribution in [3.63, 3.8) is 0 Å². The Labute approximate surface area is 231 Å². The minimum absolute atomic E-state index is 0.140. The van der Waals surface area contributed by atoms with Gasteiger partial charge in [0, 0.05) is 34.2 Å². The van der Waals surface area contributed by atoms with Gasteiger partial charge in [0.05, 0.1) is 0 Å². The summed E-state index contributed by atoms with van der Waals surface area (Å²) >= 11 is 3.58. The van der Waals surface area contributed by atoms with E-state index in [-0.39, 0.29) is 39.9 Å². The first kappa shape index (κ1) is 26.5. The molecule has 0 aliphatic carbocycles. The Kier molecular flexibility index (Phi) is 7.19. The number of nitrogens with zero attached hydrogens (tertiary/aromatic N) is 7. The molecular weight excluding hydrogens is 574 g/mol. The maximum Gasteiger partial charge on any atom is 0.512 e. The van der Waals surface area contributed by atoms with E-state index in [4.69, 9.17) is 15.3 Å². The number of rotatable bonds is 8. The molecular formula is C20H19N9O7S3. The van der Waals surface area contributed by atoms with Gasteiger partial charge in [-0.25, -0.2) is 19.2 Å². The number of oxime groups is 1. The van der Waals surface area contributed by atoms with Crippen molar-refractivity contribution in [2.45, 2.75) is 23.5 Å². The first-order chi connectivity index (χ1) is 18.7. The molecule has 0 bridgehead atoms. The largest absolute Gasteiger partial charge is 0.512 e. The molecule has 19 heteroatoms. The topological polar surface area (TPSA) is 220 Å². The normalized spacial score (nSPS) is 19.1. The highest BCUT2D eigenvalue weighted by molar-refractivity contribution is 8.01. The zero-order chi connectivity index (χ0) is 27.8. The van der Waals surface area contributed by atoms with E-state index in [0.29, 0.717) is 22.1 Å². The number of nitrogens with two attached hydrogens (primary N) is 1. The van der Waals surface area contributed by atoms with Gasteiger partial charge in [-0.1, -0.05) is 16.9 Å². The average Bonchev–Trinajstić information content (AvgIpc) is 3.50. The van der Waals surface area contributed by atoms with Crippen LogP contribution in [-0.2, 0) is 19.2 Å². The number of thiazole rings is 1. The smallest absolute Gasteiger partial charge is 0.480 e. The van der Waals surface area contributed by atoms with Crippen LogP contribution in [0.25, 0.3) is 5.65 Å². The van der Waals surface area contributed by atoms with Crippen LogP contribution in [0.15, 0.2) is 33.2 Å². The number of carboxylic acid groups (broad SMARTS) is 1. The summed E-state index contributed by atoms with van der Waals surface area (Å²) in [5.41, 5.74) is 7.12. The molecule has 5 N–H and O–H groups in total. The molecule has 2 amide bonds. The summed E-state index contributed by atoms with van der Waals surface area (Å²) in [6, 6.07) is 0.378. The van der Waals surface area contributed by atoms with E-state index in [2.05, 4.69) is 30.6 Å².